The zero-order valence-electron chi connectivity index (χ0n) is 32.8. The Kier molecular flexibility index (Phi) is 15.7. The molecule has 0 aliphatic carbocycles. The van der Waals surface area contributed by atoms with Crippen molar-refractivity contribution in [3.8, 4) is 11.3 Å². The van der Waals surface area contributed by atoms with E-state index in [4.69, 9.17) is 5.73 Å². The summed E-state index contributed by atoms with van der Waals surface area (Å²) in [6.07, 6.45) is 7.47. The van der Waals surface area contributed by atoms with Gasteiger partial charge in [0.2, 0.25) is 5.91 Å². The van der Waals surface area contributed by atoms with Gasteiger partial charge in [0.05, 0.1) is 29.6 Å². The van der Waals surface area contributed by atoms with Crippen molar-refractivity contribution in [2.45, 2.75) is 72.0 Å². The van der Waals surface area contributed by atoms with Crippen LogP contribution < -0.4 is 22.2 Å². The maximum absolute atomic E-state index is 13.5. The number of hydrogen-bond donors (Lipinski definition) is 2. The molecule has 0 bridgehead atoms. The minimum Gasteiger partial charge on any atom is -0.384 e. The molecule has 0 unspecified atom stereocenters. The number of carbonyl (C=O) groups excluding carboxylic acids is 2. The van der Waals surface area contributed by atoms with Gasteiger partial charge in [0.15, 0.2) is 0 Å². The average molecular weight is 862 g/mol. The lowest BCUT2D eigenvalue weighted by Crippen LogP contribution is -2.34. The summed E-state index contributed by atoms with van der Waals surface area (Å²) in [4.78, 5) is 73.3. The first kappa shape index (κ1) is 43.5. The molecule has 0 saturated carbocycles. The fourth-order valence-electron chi connectivity index (χ4n) is 6.29. The third-order valence-electron chi connectivity index (χ3n) is 9.40. The number of aryl methyl sites for hydroxylation is 5. The van der Waals surface area contributed by atoms with Gasteiger partial charge in [0, 0.05) is 29.9 Å². The van der Waals surface area contributed by atoms with Gasteiger partial charge >= 0.3 is 0 Å². The number of nitrogens with one attached hydrogen (secondary N) is 1. The van der Waals surface area contributed by atoms with Crippen molar-refractivity contribution >= 4 is 39.1 Å². The van der Waals surface area contributed by atoms with E-state index < -0.39 is 4.92 Å². The van der Waals surface area contributed by atoms with E-state index in [1.807, 2.05) is 48.5 Å². The van der Waals surface area contributed by atoms with Gasteiger partial charge in [-0.2, -0.15) is 0 Å². The second-order valence-corrected chi connectivity index (χ2v) is 14.7. The Bertz CT molecular complexity index is 2510. The smallest absolute Gasteiger partial charge is 0.273 e. The van der Waals surface area contributed by atoms with E-state index in [1.165, 1.54) is 39.3 Å². The van der Waals surface area contributed by atoms with Crippen LogP contribution in [-0.2, 0) is 54.9 Å². The van der Waals surface area contributed by atoms with Crippen LogP contribution in [0.15, 0.2) is 124 Å². The molecule has 6 aromatic rings. The Hall–Kier alpha value is -6.61. The number of amides is 1. The van der Waals surface area contributed by atoms with E-state index in [1.54, 1.807) is 43.6 Å². The molecule has 59 heavy (non-hydrogen) atoms. The number of hydrogen-bond acceptors (Lipinski definition) is 10. The first-order valence-electron chi connectivity index (χ1n) is 19.0. The van der Waals surface area contributed by atoms with Crippen LogP contribution in [0.1, 0.15) is 53.5 Å². The lowest BCUT2D eigenvalue weighted by Gasteiger charge is -2.15. The number of nitrogen functional groups attached to an aromatic ring is 1. The quantitative estimate of drug-likeness (QED) is 0.0815. The van der Waals surface area contributed by atoms with Gasteiger partial charge in [0.25, 0.3) is 16.8 Å². The van der Waals surface area contributed by atoms with Gasteiger partial charge in [-0.1, -0.05) is 66.7 Å². The van der Waals surface area contributed by atoms with Gasteiger partial charge in [-0.3, -0.25) is 48.4 Å². The highest BCUT2D eigenvalue weighted by Gasteiger charge is 2.17. The molecule has 0 aliphatic rings. The molecule has 3 aromatic carbocycles. The second kappa shape index (κ2) is 21.2. The Morgan fingerprint density at radius 2 is 1.32 bits per heavy atom. The molecule has 15 heteroatoms. The van der Waals surface area contributed by atoms with Crippen LogP contribution in [0.2, 0.25) is 0 Å². The molecule has 0 spiro atoms. The molecule has 14 nitrogen and oxygen atoms in total. The van der Waals surface area contributed by atoms with Gasteiger partial charge in [0.1, 0.15) is 34.1 Å². The van der Waals surface area contributed by atoms with Crippen molar-refractivity contribution in [2.75, 3.05) is 5.73 Å². The predicted octanol–water partition coefficient (Wildman–Crippen LogP) is 6.37. The average Bonchev–Trinajstić information content (AvgIpc) is 3.22. The number of Topliss-reactive ketones (excluding diaryl/α,β-unsaturated/α-hetero) is 1. The van der Waals surface area contributed by atoms with Crippen LogP contribution >= 0.6 is 15.9 Å². The van der Waals surface area contributed by atoms with Crippen molar-refractivity contribution in [2.24, 2.45) is 0 Å². The van der Waals surface area contributed by atoms with Crippen molar-refractivity contribution in [1.29, 1.82) is 0 Å². The fourth-order valence-corrected chi connectivity index (χ4v) is 6.68. The lowest BCUT2D eigenvalue weighted by atomic mass is 10.1. The number of benzene rings is 3. The number of aromatic nitrogens is 5. The molecular weight excluding hydrogens is 816 g/mol. The Balaban J connectivity index is 0.000000266. The SMILES string of the molecule is CC(=O)Cn1c(Br)cnc(CCCc2ccccc2)c1=O.Cc1nc(N)ccc1CNC(=O)Cn1c(-c2ccc([N+](=O)[O-])cc2)cnc(CCCc2ccccc2)c1=O. The number of pyridine rings is 1. The normalized spacial score (nSPS) is 10.7. The zero-order chi connectivity index (χ0) is 42.3. The number of nitrogens with two attached hydrogens (primary N) is 1. The number of nitro groups is 1. The van der Waals surface area contributed by atoms with E-state index in [9.17, 15) is 29.3 Å². The van der Waals surface area contributed by atoms with E-state index in [2.05, 4.69) is 48.3 Å². The highest BCUT2D eigenvalue weighted by atomic mass is 79.9. The minimum atomic E-state index is -0.494. The summed E-state index contributed by atoms with van der Waals surface area (Å²) in [7, 11) is 0. The lowest BCUT2D eigenvalue weighted by molar-refractivity contribution is -0.384. The third kappa shape index (κ3) is 12.7. The summed E-state index contributed by atoms with van der Waals surface area (Å²) >= 11 is 3.26. The number of halogens is 1. The monoisotopic (exact) mass is 860 g/mol. The molecule has 3 N–H and O–H groups in total. The molecule has 3 heterocycles. The first-order chi connectivity index (χ1) is 28.4. The number of anilines is 1. The summed E-state index contributed by atoms with van der Waals surface area (Å²) in [6, 6.07) is 29.4. The van der Waals surface area contributed by atoms with E-state index in [0.29, 0.717) is 51.6 Å². The standard InChI is InChI=1S/C28H28N6O4.C16H17BrN2O2/c1-19-22(12-15-26(29)32-19)16-31-27(35)18-33-25(21-10-13-23(14-11-21)34(37)38)17-30-24(28(33)36)9-5-8-20-6-3-2-4-7-20;1-12(20)11-19-15(17)10-18-14(16(19)21)9-5-8-13-6-3-2-4-7-13/h2-4,6-7,10-15,17H,5,8-9,16,18H2,1H3,(H2,29,32)(H,31,35);2-4,6-7,10H,5,8-9,11H2,1H3. The second-order valence-electron chi connectivity index (χ2n) is 13.8. The van der Waals surface area contributed by atoms with Crippen LogP contribution in [0.5, 0.6) is 0 Å². The van der Waals surface area contributed by atoms with Crippen molar-refractivity contribution in [1.82, 2.24) is 29.4 Å². The molecule has 0 atom stereocenters. The maximum Gasteiger partial charge on any atom is 0.273 e. The number of rotatable bonds is 16. The van der Waals surface area contributed by atoms with Crippen molar-refractivity contribution in [3.63, 3.8) is 0 Å². The number of nitrogens with zero attached hydrogens (tertiary/aromatic N) is 6. The van der Waals surface area contributed by atoms with Gasteiger partial charge < -0.3 is 11.1 Å². The first-order valence-corrected chi connectivity index (χ1v) is 19.8. The van der Waals surface area contributed by atoms with Gasteiger partial charge in [-0.25, -0.2) is 4.98 Å². The third-order valence-corrected chi connectivity index (χ3v) is 10.0. The summed E-state index contributed by atoms with van der Waals surface area (Å²) in [5, 5.41) is 13.9. The van der Waals surface area contributed by atoms with E-state index >= 15 is 0 Å². The Morgan fingerprint density at radius 1 is 0.763 bits per heavy atom. The van der Waals surface area contributed by atoms with Crippen molar-refractivity contribution < 1.29 is 14.5 Å². The fraction of sp³-hybridized carbons (Fsp3) is 0.250. The number of carbonyl (C=O) groups is 2. The van der Waals surface area contributed by atoms with Crippen LogP contribution in [-0.4, -0.2) is 40.7 Å². The van der Waals surface area contributed by atoms with Crippen molar-refractivity contribution in [3.05, 3.63) is 179 Å². The summed E-state index contributed by atoms with van der Waals surface area (Å²) in [5.41, 5.74) is 10.8. The minimum absolute atomic E-state index is 0.0563. The molecular formula is C44H45BrN8O6. The molecule has 0 aliphatic heterocycles. The van der Waals surface area contributed by atoms with Gasteiger partial charge in [-0.15, -0.1) is 0 Å². The molecule has 304 valence electrons. The topological polar surface area (TPSA) is 198 Å². The summed E-state index contributed by atoms with van der Waals surface area (Å²) < 4.78 is 3.33. The Labute approximate surface area is 349 Å². The molecule has 3 aromatic heterocycles. The highest BCUT2D eigenvalue weighted by Crippen LogP contribution is 2.22. The molecule has 0 fully saturated rings. The van der Waals surface area contributed by atoms with E-state index in [0.717, 1.165) is 31.2 Å². The highest BCUT2D eigenvalue weighted by molar-refractivity contribution is 9.10. The van der Waals surface area contributed by atoms with Crippen LogP contribution in [0, 0.1) is 17.0 Å². The number of ketones is 1. The summed E-state index contributed by atoms with van der Waals surface area (Å²) in [5.74, 6) is -0.0272. The van der Waals surface area contributed by atoms with Gasteiger partial charge in [-0.05, 0) is 103 Å². The van der Waals surface area contributed by atoms with Crippen LogP contribution in [0.25, 0.3) is 11.3 Å². The maximum atomic E-state index is 13.5. The van der Waals surface area contributed by atoms with Crippen LogP contribution in [0.4, 0.5) is 11.5 Å². The zero-order valence-corrected chi connectivity index (χ0v) is 34.4. The molecule has 6 rings (SSSR count). The van der Waals surface area contributed by atoms with E-state index in [-0.39, 0.29) is 48.1 Å². The Morgan fingerprint density at radius 3 is 1.86 bits per heavy atom. The predicted molar refractivity (Wildman–Crippen MR) is 230 cm³/mol. The molecule has 0 saturated heterocycles. The number of nitro benzene ring substituents is 1. The largest absolute Gasteiger partial charge is 0.384 e. The van der Waals surface area contributed by atoms with Crippen LogP contribution in [0.3, 0.4) is 0 Å². The molecule has 1 amide bonds. The summed E-state index contributed by atoms with van der Waals surface area (Å²) in [6.45, 7) is 3.34. The number of non-ortho nitro benzene ring substituents is 1. The molecule has 0 radical (unpaired) electrons.